The fraction of sp³-hybridized carbons (Fsp3) is 0.360. The molecule has 1 aliphatic carbocycles. The quantitative estimate of drug-likeness (QED) is 0.515. The molecule has 2 amide bonds. The summed E-state index contributed by atoms with van der Waals surface area (Å²) in [6.45, 7) is 0.365. The van der Waals surface area contributed by atoms with Gasteiger partial charge in [0.25, 0.3) is 5.91 Å². The van der Waals surface area contributed by atoms with Gasteiger partial charge in [-0.2, -0.15) is 0 Å². The molecule has 1 saturated carbocycles. The Hall–Kier alpha value is -3.52. The molecule has 2 aromatic rings. The number of carbonyl (C=O) groups excluding carboxylic acids is 2. The van der Waals surface area contributed by atoms with E-state index in [9.17, 15) is 9.59 Å². The molecule has 8 heteroatoms. The molecule has 33 heavy (non-hydrogen) atoms. The Labute approximate surface area is 193 Å². The van der Waals surface area contributed by atoms with Crippen molar-refractivity contribution in [2.45, 2.75) is 50.7 Å². The minimum Gasteiger partial charge on any atom is -0.496 e. The first-order chi connectivity index (χ1) is 16.0. The molecule has 8 nitrogen and oxygen atoms in total. The Balaban J connectivity index is 1.45. The van der Waals surface area contributed by atoms with E-state index in [0.717, 1.165) is 36.8 Å². The lowest BCUT2D eigenvalue weighted by Crippen LogP contribution is -2.44. The standard InChI is InChI=1S/C25H31N5O3/c1-33-20-10-6-5-9-19(20)25(32)28-15-16-11-13-17(14-12-16)22-21(24(27)31)23(26)30(29-22)18-7-3-2-4-8-18/h5-6,9-14,18,22,29H,2-4,7-8,15,26H2,1H3,(H2,27,31)(H,28,32). The van der Waals surface area contributed by atoms with Crippen molar-refractivity contribution in [2.24, 2.45) is 11.5 Å². The second kappa shape index (κ2) is 9.95. The molecule has 2 aliphatic rings. The highest BCUT2D eigenvalue weighted by molar-refractivity contribution is 5.97. The largest absolute Gasteiger partial charge is 0.496 e. The van der Waals surface area contributed by atoms with E-state index in [1.165, 1.54) is 6.42 Å². The van der Waals surface area contributed by atoms with Gasteiger partial charge in [-0.3, -0.25) is 14.6 Å². The molecule has 2 aromatic carbocycles. The van der Waals surface area contributed by atoms with Crippen molar-refractivity contribution in [3.63, 3.8) is 0 Å². The van der Waals surface area contributed by atoms with Crippen LogP contribution in [0.25, 0.3) is 0 Å². The summed E-state index contributed by atoms with van der Waals surface area (Å²) >= 11 is 0. The van der Waals surface area contributed by atoms with Gasteiger partial charge in [0.1, 0.15) is 11.6 Å². The number of primary amides is 1. The van der Waals surface area contributed by atoms with Gasteiger partial charge in [-0.05, 0) is 36.1 Å². The van der Waals surface area contributed by atoms with Crippen molar-refractivity contribution in [2.75, 3.05) is 7.11 Å². The summed E-state index contributed by atoms with van der Waals surface area (Å²) in [7, 11) is 1.54. The van der Waals surface area contributed by atoms with E-state index in [2.05, 4.69) is 10.7 Å². The maximum atomic E-state index is 12.5. The SMILES string of the molecule is COc1ccccc1C(=O)NCc1ccc(C2NN(C3CCCCC3)C(N)=C2C(N)=O)cc1. The van der Waals surface area contributed by atoms with Gasteiger partial charge >= 0.3 is 0 Å². The van der Waals surface area contributed by atoms with E-state index in [-0.39, 0.29) is 18.0 Å². The number of amides is 2. The summed E-state index contributed by atoms with van der Waals surface area (Å²) in [5.41, 5.74) is 18.2. The lowest BCUT2D eigenvalue weighted by Gasteiger charge is -2.33. The van der Waals surface area contributed by atoms with Gasteiger partial charge in [0, 0.05) is 12.6 Å². The molecule has 4 rings (SSSR count). The van der Waals surface area contributed by atoms with Gasteiger partial charge in [0.2, 0.25) is 5.91 Å². The molecule has 0 bridgehead atoms. The normalized spacial score (nSPS) is 18.9. The van der Waals surface area contributed by atoms with E-state index in [0.29, 0.717) is 29.3 Å². The van der Waals surface area contributed by atoms with Gasteiger partial charge in [0.05, 0.1) is 24.3 Å². The fourth-order valence-corrected chi connectivity index (χ4v) is 4.64. The summed E-state index contributed by atoms with van der Waals surface area (Å²) in [6.07, 6.45) is 5.62. The molecule has 0 spiro atoms. The van der Waals surface area contributed by atoms with Gasteiger partial charge in [-0.25, -0.2) is 5.43 Å². The van der Waals surface area contributed by atoms with E-state index in [1.54, 1.807) is 25.3 Å². The first-order valence-corrected chi connectivity index (χ1v) is 11.3. The van der Waals surface area contributed by atoms with Crippen LogP contribution in [-0.4, -0.2) is 30.0 Å². The number of hydrogen-bond acceptors (Lipinski definition) is 6. The Bertz CT molecular complexity index is 1040. The van der Waals surface area contributed by atoms with E-state index >= 15 is 0 Å². The van der Waals surface area contributed by atoms with Crippen LogP contribution in [0.15, 0.2) is 59.9 Å². The number of hydrogen-bond donors (Lipinski definition) is 4. The zero-order valence-corrected chi connectivity index (χ0v) is 18.8. The second-order valence-corrected chi connectivity index (χ2v) is 8.51. The Morgan fingerprint density at radius 1 is 1.09 bits per heavy atom. The molecule has 174 valence electrons. The molecule has 0 saturated heterocycles. The monoisotopic (exact) mass is 449 g/mol. The zero-order chi connectivity index (χ0) is 23.4. The summed E-state index contributed by atoms with van der Waals surface area (Å²) in [6, 6.07) is 14.7. The molecule has 0 radical (unpaired) electrons. The van der Waals surface area contributed by atoms with Crippen LogP contribution in [0.4, 0.5) is 0 Å². The first kappa shape index (κ1) is 22.7. The van der Waals surface area contributed by atoms with Crippen molar-refractivity contribution in [3.8, 4) is 5.75 Å². The Morgan fingerprint density at radius 2 is 1.79 bits per heavy atom. The van der Waals surface area contributed by atoms with Gasteiger partial charge in [0.15, 0.2) is 0 Å². The van der Waals surface area contributed by atoms with Gasteiger partial charge in [-0.1, -0.05) is 55.7 Å². The van der Waals surface area contributed by atoms with Crippen LogP contribution in [0.5, 0.6) is 5.75 Å². The van der Waals surface area contributed by atoms with Crippen molar-refractivity contribution in [3.05, 3.63) is 76.6 Å². The zero-order valence-electron chi connectivity index (χ0n) is 18.8. The highest BCUT2D eigenvalue weighted by Crippen LogP contribution is 2.34. The average Bonchev–Trinajstić information content (AvgIpc) is 3.20. The predicted molar refractivity (Wildman–Crippen MR) is 126 cm³/mol. The molecule has 1 atom stereocenters. The third kappa shape index (κ3) is 4.80. The lowest BCUT2D eigenvalue weighted by molar-refractivity contribution is -0.114. The van der Waals surface area contributed by atoms with Crippen LogP contribution in [0.3, 0.4) is 0 Å². The molecule has 1 fully saturated rings. The van der Waals surface area contributed by atoms with Crippen LogP contribution >= 0.6 is 0 Å². The number of benzene rings is 2. The van der Waals surface area contributed by atoms with E-state index in [1.807, 2.05) is 35.3 Å². The smallest absolute Gasteiger partial charge is 0.255 e. The minimum atomic E-state index is -0.517. The number of hydrazine groups is 1. The number of rotatable bonds is 7. The number of methoxy groups -OCH3 is 1. The average molecular weight is 450 g/mol. The van der Waals surface area contributed by atoms with Crippen LogP contribution < -0.4 is 26.9 Å². The number of ether oxygens (including phenoxy) is 1. The number of nitrogens with zero attached hydrogens (tertiary/aromatic N) is 1. The Kier molecular flexibility index (Phi) is 6.84. The Morgan fingerprint density at radius 3 is 2.45 bits per heavy atom. The highest BCUT2D eigenvalue weighted by Gasteiger charge is 2.37. The van der Waals surface area contributed by atoms with Gasteiger partial charge < -0.3 is 21.5 Å². The molecule has 1 unspecified atom stereocenters. The van der Waals surface area contributed by atoms with Gasteiger partial charge in [-0.15, -0.1) is 0 Å². The summed E-state index contributed by atoms with van der Waals surface area (Å²) in [4.78, 5) is 24.8. The van der Waals surface area contributed by atoms with Crippen molar-refractivity contribution >= 4 is 11.8 Å². The number of para-hydroxylation sites is 1. The number of nitrogens with one attached hydrogen (secondary N) is 2. The fourth-order valence-electron chi connectivity index (χ4n) is 4.64. The van der Waals surface area contributed by atoms with Crippen LogP contribution in [0.1, 0.15) is 59.6 Å². The van der Waals surface area contributed by atoms with Crippen LogP contribution in [0, 0.1) is 0 Å². The van der Waals surface area contributed by atoms with Crippen LogP contribution in [0.2, 0.25) is 0 Å². The highest BCUT2D eigenvalue weighted by atomic mass is 16.5. The molecule has 1 heterocycles. The lowest BCUT2D eigenvalue weighted by atomic mass is 9.95. The maximum absolute atomic E-state index is 12.5. The molecule has 1 aliphatic heterocycles. The third-order valence-electron chi connectivity index (χ3n) is 6.42. The summed E-state index contributed by atoms with van der Waals surface area (Å²) in [5, 5.41) is 4.85. The third-order valence-corrected chi connectivity index (χ3v) is 6.42. The summed E-state index contributed by atoms with van der Waals surface area (Å²) in [5.74, 6) is 0.233. The second-order valence-electron chi connectivity index (χ2n) is 8.51. The number of nitrogens with two attached hydrogens (primary N) is 2. The number of carbonyl (C=O) groups is 2. The predicted octanol–water partition coefficient (Wildman–Crippen LogP) is 2.47. The van der Waals surface area contributed by atoms with Crippen molar-refractivity contribution in [1.82, 2.24) is 15.8 Å². The molecular weight excluding hydrogens is 418 g/mol. The molecular formula is C25H31N5O3. The van der Waals surface area contributed by atoms with E-state index < -0.39 is 5.91 Å². The molecule has 0 aromatic heterocycles. The van der Waals surface area contributed by atoms with Crippen LogP contribution in [-0.2, 0) is 11.3 Å². The molecule has 6 N–H and O–H groups in total. The van der Waals surface area contributed by atoms with Crippen molar-refractivity contribution < 1.29 is 14.3 Å². The topological polar surface area (TPSA) is 123 Å². The minimum absolute atomic E-state index is 0.205. The summed E-state index contributed by atoms with van der Waals surface area (Å²) < 4.78 is 5.26. The maximum Gasteiger partial charge on any atom is 0.255 e. The van der Waals surface area contributed by atoms with E-state index in [4.69, 9.17) is 16.2 Å². The first-order valence-electron chi connectivity index (χ1n) is 11.3. The van der Waals surface area contributed by atoms with Crippen molar-refractivity contribution in [1.29, 1.82) is 0 Å².